The number of rotatable bonds is 8. The second-order valence-electron chi connectivity index (χ2n) is 7.06. The van der Waals surface area contributed by atoms with Crippen molar-refractivity contribution in [1.29, 1.82) is 0 Å². The molecule has 0 aliphatic heterocycles. The molecule has 1 heterocycles. The van der Waals surface area contributed by atoms with Crippen molar-refractivity contribution >= 4 is 11.8 Å². The Balaban J connectivity index is 1.51. The molecular weight excluding hydrogens is 354 g/mol. The minimum absolute atomic E-state index is 0.0103. The molecule has 2 atom stereocenters. The van der Waals surface area contributed by atoms with Gasteiger partial charge in [-0.25, -0.2) is 0 Å². The van der Waals surface area contributed by atoms with Gasteiger partial charge in [0, 0.05) is 30.5 Å². The summed E-state index contributed by atoms with van der Waals surface area (Å²) < 4.78 is 5.57. The van der Waals surface area contributed by atoms with Crippen LogP contribution in [0.15, 0.2) is 48.8 Å². The highest BCUT2D eigenvalue weighted by molar-refractivity contribution is 5.94. The highest BCUT2D eigenvalue weighted by atomic mass is 16.5. The van der Waals surface area contributed by atoms with E-state index < -0.39 is 0 Å². The van der Waals surface area contributed by atoms with Crippen LogP contribution in [0.5, 0.6) is 5.75 Å². The standard InChI is InChI=1S/C22H27N3O3/c1-2-14-28-18-8-6-16(7-9-18)15-24-22(27)19-4-3-5-20(19)25-21(26)17-10-12-23-13-11-17/h6-13,19-20H,2-5,14-15H2,1H3,(H,24,27)(H,25,26)/t19-,20+/m0/s1. The number of carbonyl (C=O) groups excluding carboxylic acids is 2. The second kappa shape index (κ2) is 9.88. The number of aromatic nitrogens is 1. The van der Waals surface area contributed by atoms with Crippen molar-refractivity contribution in [2.24, 2.45) is 5.92 Å². The van der Waals surface area contributed by atoms with Crippen LogP contribution in [-0.4, -0.2) is 29.4 Å². The van der Waals surface area contributed by atoms with Gasteiger partial charge in [-0.3, -0.25) is 14.6 Å². The summed E-state index contributed by atoms with van der Waals surface area (Å²) in [4.78, 5) is 29.0. The molecule has 0 radical (unpaired) electrons. The molecule has 1 aromatic carbocycles. The first-order chi connectivity index (χ1) is 13.7. The maximum absolute atomic E-state index is 12.7. The average Bonchev–Trinajstić information content (AvgIpc) is 3.20. The zero-order chi connectivity index (χ0) is 19.8. The third-order valence-corrected chi connectivity index (χ3v) is 4.97. The maximum Gasteiger partial charge on any atom is 0.251 e. The van der Waals surface area contributed by atoms with Crippen molar-refractivity contribution in [2.75, 3.05) is 6.61 Å². The molecule has 1 aliphatic carbocycles. The fraction of sp³-hybridized carbons (Fsp3) is 0.409. The molecule has 6 heteroatoms. The SMILES string of the molecule is CCCOc1ccc(CNC(=O)[C@H]2CCC[C@H]2NC(=O)c2ccncc2)cc1. The molecule has 148 valence electrons. The van der Waals surface area contributed by atoms with Crippen LogP contribution in [0.4, 0.5) is 0 Å². The van der Waals surface area contributed by atoms with E-state index in [9.17, 15) is 9.59 Å². The van der Waals surface area contributed by atoms with Gasteiger partial charge in [0.2, 0.25) is 5.91 Å². The van der Waals surface area contributed by atoms with E-state index in [1.165, 1.54) is 0 Å². The van der Waals surface area contributed by atoms with Gasteiger partial charge in [-0.1, -0.05) is 25.5 Å². The zero-order valence-corrected chi connectivity index (χ0v) is 16.2. The number of pyridine rings is 1. The quantitative estimate of drug-likeness (QED) is 0.736. The second-order valence-corrected chi connectivity index (χ2v) is 7.06. The molecule has 1 saturated carbocycles. The highest BCUT2D eigenvalue weighted by Crippen LogP contribution is 2.26. The lowest BCUT2D eigenvalue weighted by Crippen LogP contribution is -2.43. The van der Waals surface area contributed by atoms with Gasteiger partial charge in [0.1, 0.15) is 5.75 Å². The summed E-state index contributed by atoms with van der Waals surface area (Å²) in [6.45, 7) is 3.23. The van der Waals surface area contributed by atoms with E-state index in [1.807, 2.05) is 24.3 Å². The summed E-state index contributed by atoms with van der Waals surface area (Å²) in [5.74, 6) is 0.475. The molecule has 6 nitrogen and oxygen atoms in total. The molecule has 2 N–H and O–H groups in total. The van der Waals surface area contributed by atoms with Crippen LogP contribution >= 0.6 is 0 Å². The Morgan fingerprint density at radius 1 is 1.11 bits per heavy atom. The van der Waals surface area contributed by atoms with E-state index in [-0.39, 0.29) is 23.8 Å². The number of nitrogens with one attached hydrogen (secondary N) is 2. The minimum Gasteiger partial charge on any atom is -0.494 e. The Morgan fingerprint density at radius 2 is 1.86 bits per heavy atom. The lowest BCUT2D eigenvalue weighted by Gasteiger charge is -2.20. The fourth-order valence-electron chi connectivity index (χ4n) is 3.45. The molecular formula is C22H27N3O3. The summed E-state index contributed by atoms with van der Waals surface area (Å²) in [5.41, 5.74) is 1.58. The normalized spacial score (nSPS) is 18.5. The number of benzene rings is 1. The van der Waals surface area contributed by atoms with Crippen molar-refractivity contribution in [3.05, 3.63) is 59.9 Å². The summed E-state index contributed by atoms with van der Waals surface area (Å²) in [7, 11) is 0. The molecule has 0 saturated heterocycles. The van der Waals surface area contributed by atoms with Crippen molar-refractivity contribution in [2.45, 2.75) is 45.2 Å². The van der Waals surface area contributed by atoms with E-state index in [2.05, 4.69) is 22.5 Å². The third-order valence-electron chi connectivity index (χ3n) is 4.97. The molecule has 1 aromatic heterocycles. The lowest BCUT2D eigenvalue weighted by molar-refractivity contribution is -0.125. The summed E-state index contributed by atoms with van der Waals surface area (Å²) in [6, 6.07) is 11.0. The summed E-state index contributed by atoms with van der Waals surface area (Å²) in [5, 5.41) is 6.01. The largest absolute Gasteiger partial charge is 0.494 e. The van der Waals surface area contributed by atoms with Gasteiger partial charge in [-0.05, 0) is 49.1 Å². The molecule has 2 aromatic rings. The molecule has 2 amide bonds. The number of hydrogen-bond donors (Lipinski definition) is 2. The Labute approximate surface area is 165 Å². The van der Waals surface area contributed by atoms with Gasteiger partial charge in [0.25, 0.3) is 5.91 Å². The highest BCUT2D eigenvalue weighted by Gasteiger charge is 2.34. The van der Waals surface area contributed by atoms with Crippen LogP contribution in [0, 0.1) is 5.92 Å². The number of ether oxygens (including phenoxy) is 1. The van der Waals surface area contributed by atoms with Crippen molar-refractivity contribution < 1.29 is 14.3 Å². The first-order valence-corrected chi connectivity index (χ1v) is 9.87. The first kappa shape index (κ1) is 19.9. The smallest absolute Gasteiger partial charge is 0.251 e. The van der Waals surface area contributed by atoms with Gasteiger partial charge < -0.3 is 15.4 Å². The van der Waals surface area contributed by atoms with Gasteiger partial charge in [0.15, 0.2) is 0 Å². The fourth-order valence-corrected chi connectivity index (χ4v) is 3.45. The molecule has 1 fully saturated rings. The molecule has 0 spiro atoms. The minimum atomic E-state index is -0.196. The number of amides is 2. The van der Waals surface area contributed by atoms with Crippen LogP contribution in [-0.2, 0) is 11.3 Å². The maximum atomic E-state index is 12.7. The monoisotopic (exact) mass is 381 g/mol. The van der Waals surface area contributed by atoms with Crippen LogP contribution < -0.4 is 15.4 Å². The predicted molar refractivity (Wildman–Crippen MR) is 107 cm³/mol. The molecule has 28 heavy (non-hydrogen) atoms. The van der Waals surface area contributed by atoms with Gasteiger partial charge in [0.05, 0.1) is 12.5 Å². The third kappa shape index (κ3) is 5.31. The van der Waals surface area contributed by atoms with Gasteiger partial charge in [-0.15, -0.1) is 0 Å². The molecule has 0 unspecified atom stereocenters. The molecule has 1 aliphatic rings. The van der Waals surface area contributed by atoms with E-state index in [1.54, 1.807) is 24.5 Å². The molecule has 0 bridgehead atoms. The topological polar surface area (TPSA) is 80.3 Å². The van der Waals surface area contributed by atoms with E-state index in [0.29, 0.717) is 18.7 Å². The van der Waals surface area contributed by atoms with Gasteiger partial charge >= 0.3 is 0 Å². The van der Waals surface area contributed by atoms with Crippen molar-refractivity contribution in [1.82, 2.24) is 15.6 Å². The Bertz CT molecular complexity index is 777. The number of carbonyl (C=O) groups is 2. The average molecular weight is 381 g/mol. The Morgan fingerprint density at radius 3 is 2.57 bits per heavy atom. The lowest BCUT2D eigenvalue weighted by atomic mass is 10.0. The van der Waals surface area contributed by atoms with E-state index >= 15 is 0 Å². The van der Waals surface area contributed by atoms with Crippen molar-refractivity contribution in [3.63, 3.8) is 0 Å². The summed E-state index contributed by atoms with van der Waals surface area (Å²) in [6.07, 6.45) is 6.69. The van der Waals surface area contributed by atoms with E-state index in [0.717, 1.165) is 37.0 Å². The van der Waals surface area contributed by atoms with Crippen LogP contribution in [0.2, 0.25) is 0 Å². The number of nitrogens with zero attached hydrogens (tertiary/aromatic N) is 1. The number of hydrogen-bond acceptors (Lipinski definition) is 4. The molecule has 3 rings (SSSR count). The zero-order valence-electron chi connectivity index (χ0n) is 16.2. The van der Waals surface area contributed by atoms with Crippen LogP contribution in [0.1, 0.15) is 48.5 Å². The van der Waals surface area contributed by atoms with E-state index in [4.69, 9.17) is 4.74 Å². The van der Waals surface area contributed by atoms with Crippen LogP contribution in [0.25, 0.3) is 0 Å². The first-order valence-electron chi connectivity index (χ1n) is 9.87. The summed E-state index contributed by atoms with van der Waals surface area (Å²) >= 11 is 0. The predicted octanol–water partition coefficient (Wildman–Crippen LogP) is 3.09. The van der Waals surface area contributed by atoms with Gasteiger partial charge in [-0.2, -0.15) is 0 Å². The van der Waals surface area contributed by atoms with Crippen molar-refractivity contribution in [3.8, 4) is 5.75 Å². The van der Waals surface area contributed by atoms with Crippen LogP contribution in [0.3, 0.4) is 0 Å². The Kier molecular flexibility index (Phi) is 7.00. The Hall–Kier alpha value is -2.89.